The second-order valence-electron chi connectivity index (χ2n) is 7.54. The molecule has 1 saturated carbocycles. The number of nitrogens with zero attached hydrogens (tertiary/aromatic N) is 2. The van der Waals surface area contributed by atoms with Crippen molar-refractivity contribution in [1.82, 2.24) is 9.88 Å². The molecule has 0 spiro atoms. The Hall–Kier alpha value is -2.73. The molecule has 2 aromatic rings. The predicted octanol–water partition coefficient (Wildman–Crippen LogP) is 3.44. The molecule has 2 N–H and O–H groups in total. The molecule has 0 atom stereocenters. The number of aryl methyl sites for hydroxylation is 3. The van der Waals surface area contributed by atoms with Crippen molar-refractivity contribution < 1.29 is 9.59 Å². The van der Waals surface area contributed by atoms with Gasteiger partial charge in [0.15, 0.2) is 0 Å². The Bertz CT molecular complexity index is 824. The molecule has 0 aliphatic heterocycles. The van der Waals surface area contributed by atoms with Crippen LogP contribution < -0.4 is 10.6 Å². The van der Waals surface area contributed by atoms with Gasteiger partial charge in [-0.15, -0.1) is 0 Å². The Kier molecular flexibility index (Phi) is 6.41. The summed E-state index contributed by atoms with van der Waals surface area (Å²) < 4.78 is 0. The van der Waals surface area contributed by atoms with Gasteiger partial charge >= 0.3 is 0 Å². The largest absolute Gasteiger partial charge is 0.324 e. The van der Waals surface area contributed by atoms with Crippen LogP contribution in [0.2, 0.25) is 0 Å². The average Bonchev–Trinajstić information content (AvgIpc) is 3.49. The fourth-order valence-electron chi connectivity index (χ4n) is 3.20. The zero-order valence-electron chi connectivity index (χ0n) is 16.8. The molecular formula is C22H28N4O2. The molecule has 1 aromatic heterocycles. The molecule has 6 heteroatoms. The average molecular weight is 380 g/mol. The summed E-state index contributed by atoms with van der Waals surface area (Å²) in [5.41, 5.74) is 4.03. The minimum atomic E-state index is -0.0860. The number of nitrogens with one attached hydrogen (secondary N) is 2. The lowest BCUT2D eigenvalue weighted by atomic mass is 10.1. The van der Waals surface area contributed by atoms with Gasteiger partial charge in [-0.05, 0) is 56.4 Å². The minimum Gasteiger partial charge on any atom is -0.324 e. The maximum atomic E-state index is 12.6. The first-order valence-electron chi connectivity index (χ1n) is 9.75. The second kappa shape index (κ2) is 8.97. The number of amides is 2. The lowest BCUT2D eigenvalue weighted by Crippen LogP contribution is -2.37. The first-order chi connectivity index (χ1) is 13.4. The minimum absolute atomic E-state index is 0.0371. The van der Waals surface area contributed by atoms with Crippen LogP contribution in [0.3, 0.4) is 0 Å². The normalized spacial score (nSPS) is 13.4. The summed E-state index contributed by atoms with van der Waals surface area (Å²) in [4.78, 5) is 31.1. The molecule has 0 bridgehead atoms. The number of hydrogen-bond acceptors (Lipinski definition) is 4. The molecule has 1 aliphatic rings. The Labute approximate surface area is 166 Å². The molecule has 6 nitrogen and oxygen atoms in total. The second-order valence-corrected chi connectivity index (χ2v) is 7.54. The van der Waals surface area contributed by atoms with Crippen molar-refractivity contribution in [2.24, 2.45) is 0 Å². The van der Waals surface area contributed by atoms with Crippen LogP contribution in [0, 0.1) is 20.8 Å². The Morgan fingerprint density at radius 2 is 1.75 bits per heavy atom. The van der Waals surface area contributed by atoms with Crippen molar-refractivity contribution in [3.05, 3.63) is 53.2 Å². The monoisotopic (exact) mass is 380 g/mol. The third-order valence-electron chi connectivity index (χ3n) is 4.96. The summed E-state index contributed by atoms with van der Waals surface area (Å²) in [6.45, 7) is 6.79. The van der Waals surface area contributed by atoms with Gasteiger partial charge in [-0.3, -0.25) is 14.5 Å². The number of carbonyl (C=O) groups is 2. The van der Waals surface area contributed by atoms with Crippen molar-refractivity contribution in [2.75, 3.05) is 23.7 Å². The predicted molar refractivity (Wildman–Crippen MR) is 111 cm³/mol. The van der Waals surface area contributed by atoms with Crippen molar-refractivity contribution in [3.8, 4) is 0 Å². The number of benzene rings is 1. The van der Waals surface area contributed by atoms with E-state index in [0.29, 0.717) is 31.4 Å². The lowest BCUT2D eigenvalue weighted by Gasteiger charge is -2.21. The van der Waals surface area contributed by atoms with E-state index in [1.54, 1.807) is 12.3 Å². The van der Waals surface area contributed by atoms with E-state index in [9.17, 15) is 9.59 Å². The highest BCUT2D eigenvalue weighted by molar-refractivity contribution is 5.94. The molecule has 1 fully saturated rings. The van der Waals surface area contributed by atoms with Crippen molar-refractivity contribution in [2.45, 2.75) is 46.1 Å². The van der Waals surface area contributed by atoms with Crippen LogP contribution in [0.5, 0.6) is 0 Å². The summed E-state index contributed by atoms with van der Waals surface area (Å²) >= 11 is 0. The number of rotatable bonds is 8. The standard InChI is InChI=1S/C22H28N4O2/c1-15-7-10-19(23-13-15)24-20(27)11-12-26(18-8-9-18)14-21(28)25-22-16(2)5-4-6-17(22)3/h4-7,10,13,18H,8-9,11-12,14H2,1-3H3,(H,25,28)(H,23,24,27). The first-order valence-corrected chi connectivity index (χ1v) is 9.75. The van der Waals surface area contributed by atoms with Gasteiger partial charge in [0.25, 0.3) is 0 Å². The van der Waals surface area contributed by atoms with Gasteiger partial charge in [0.1, 0.15) is 5.82 Å². The van der Waals surface area contributed by atoms with Gasteiger partial charge < -0.3 is 10.6 Å². The van der Waals surface area contributed by atoms with Gasteiger partial charge in [0.05, 0.1) is 6.54 Å². The fourth-order valence-corrected chi connectivity index (χ4v) is 3.20. The number of carbonyl (C=O) groups excluding carboxylic acids is 2. The van der Waals surface area contributed by atoms with E-state index in [1.807, 2.05) is 45.0 Å². The van der Waals surface area contributed by atoms with Crippen LogP contribution >= 0.6 is 0 Å². The van der Waals surface area contributed by atoms with Gasteiger partial charge in [-0.1, -0.05) is 24.3 Å². The van der Waals surface area contributed by atoms with Gasteiger partial charge in [0.2, 0.25) is 11.8 Å². The molecule has 0 saturated heterocycles. The van der Waals surface area contributed by atoms with Crippen molar-refractivity contribution in [1.29, 1.82) is 0 Å². The van der Waals surface area contributed by atoms with E-state index in [4.69, 9.17) is 0 Å². The van der Waals surface area contributed by atoms with E-state index in [2.05, 4.69) is 20.5 Å². The van der Waals surface area contributed by atoms with Crippen LogP contribution in [0.25, 0.3) is 0 Å². The van der Waals surface area contributed by atoms with Gasteiger partial charge in [0, 0.05) is 30.9 Å². The lowest BCUT2D eigenvalue weighted by molar-refractivity contribution is -0.119. The molecule has 3 rings (SSSR count). The van der Waals surface area contributed by atoms with Crippen LogP contribution in [-0.4, -0.2) is 40.8 Å². The number of pyridine rings is 1. The third-order valence-corrected chi connectivity index (χ3v) is 4.96. The molecule has 0 radical (unpaired) electrons. The van der Waals surface area contributed by atoms with Crippen LogP contribution in [0.4, 0.5) is 11.5 Å². The molecule has 148 valence electrons. The molecule has 0 unspecified atom stereocenters. The molecule has 28 heavy (non-hydrogen) atoms. The van der Waals surface area contributed by atoms with E-state index in [0.717, 1.165) is 35.2 Å². The molecule has 1 heterocycles. The number of anilines is 2. The number of aromatic nitrogens is 1. The zero-order valence-corrected chi connectivity index (χ0v) is 16.8. The van der Waals surface area contributed by atoms with E-state index >= 15 is 0 Å². The van der Waals surface area contributed by atoms with E-state index < -0.39 is 0 Å². The van der Waals surface area contributed by atoms with Gasteiger partial charge in [-0.25, -0.2) is 4.98 Å². The summed E-state index contributed by atoms with van der Waals surface area (Å²) in [6.07, 6.45) is 4.22. The zero-order chi connectivity index (χ0) is 20.1. The number of hydrogen-bond donors (Lipinski definition) is 2. The first kappa shape index (κ1) is 20.0. The summed E-state index contributed by atoms with van der Waals surface area (Å²) in [6, 6.07) is 10.1. The summed E-state index contributed by atoms with van der Waals surface area (Å²) in [5.74, 6) is 0.434. The quantitative estimate of drug-likeness (QED) is 0.736. The Balaban J connectivity index is 1.51. The molecular weight excluding hydrogens is 352 g/mol. The van der Waals surface area contributed by atoms with E-state index in [1.165, 1.54) is 0 Å². The fraction of sp³-hybridized carbons (Fsp3) is 0.409. The summed E-state index contributed by atoms with van der Waals surface area (Å²) in [5, 5.41) is 5.85. The van der Waals surface area contributed by atoms with E-state index in [-0.39, 0.29) is 11.8 Å². The number of para-hydroxylation sites is 1. The SMILES string of the molecule is Cc1ccc(NC(=O)CCN(CC(=O)Nc2c(C)cccc2C)C2CC2)nc1. The topological polar surface area (TPSA) is 74.3 Å². The highest BCUT2D eigenvalue weighted by atomic mass is 16.2. The smallest absolute Gasteiger partial charge is 0.238 e. The molecule has 1 aliphatic carbocycles. The Morgan fingerprint density at radius 3 is 2.36 bits per heavy atom. The molecule has 2 amide bonds. The highest BCUT2D eigenvalue weighted by Crippen LogP contribution is 2.27. The van der Waals surface area contributed by atoms with Crippen molar-refractivity contribution >= 4 is 23.3 Å². The maximum absolute atomic E-state index is 12.6. The maximum Gasteiger partial charge on any atom is 0.238 e. The van der Waals surface area contributed by atoms with Crippen LogP contribution in [0.15, 0.2) is 36.5 Å². The third kappa shape index (κ3) is 5.63. The van der Waals surface area contributed by atoms with Crippen LogP contribution in [-0.2, 0) is 9.59 Å². The van der Waals surface area contributed by atoms with Crippen molar-refractivity contribution in [3.63, 3.8) is 0 Å². The Morgan fingerprint density at radius 1 is 1.04 bits per heavy atom. The molecule has 1 aromatic carbocycles. The van der Waals surface area contributed by atoms with Gasteiger partial charge in [-0.2, -0.15) is 0 Å². The van der Waals surface area contributed by atoms with Crippen LogP contribution in [0.1, 0.15) is 36.0 Å². The highest BCUT2D eigenvalue weighted by Gasteiger charge is 2.30. The summed E-state index contributed by atoms with van der Waals surface area (Å²) in [7, 11) is 0.